The van der Waals surface area contributed by atoms with Crippen molar-refractivity contribution >= 4 is 11.4 Å². The number of ether oxygens (including phenoxy) is 1. The molecule has 0 saturated heterocycles. The monoisotopic (exact) mass is 271 g/mol. The minimum atomic E-state index is 0.701. The zero-order chi connectivity index (χ0) is 14.4. The first-order chi connectivity index (χ1) is 9.69. The maximum atomic E-state index is 5.94. The van der Waals surface area contributed by atoms with Gasteiger partial charge >= 0.3 is 0 Å². The Balaban J connectivity index is 2.12. The Kier molecular flexibility index (Phi) is 4.82. The molecule has 1 aromatic carbocycles. The van der Waals surface area contributed by atoms with Crippen LogP contribution < -0.4 is 15.4 Å². The molecule has 0 saturated carbocycles. The Hall–Kier alpha value is -2.23. The summed E-state index contributed by atoms with van der Waals surface area (Å²) >= 11 is 0. The number of pyridine rings is 1. The lowest BCUT2D eigenvalue weighted by molar-refractivity contribution is 0.317. The van der Waals surface area contributed by atoms with Gasteiger partial charge in [-0.3, -0.25) is 4.98 Å². The summed E-state index contributed by atoms with van der Waals surface area (Å²) in [6.45, 7) is 3.52. The smallest absolute Gasteiger partial charge is 0.123 e. The number of nitrogen functional groups attached to an aromatic ring is 1. The average molecular weight is 271 g/mol. The van der Waals surface area contributed by atoms with E-state index in [0.717, 1.165) is 30.1 Å². The van der Waals surface area contributed by atoms with Crippen LogP contribution in [0.25, 0.3) is 0 Å². The zero-order valence-corrected chi connectivity index (χ0v) is 12.0. The highest BCUT2D eigenvalue weighted by Crippen LogP contribution is 2.25. The molecule has 0 aliphatic carbocycles. The molecule has 2 aromatic rings. The minimum Gasteiger partial charge on any atom is -0.493 e. The van der Waals surface area contributed by atoms with E-state index in [1.54, 1.807) is 6.20 Å². The van der Waals surface area contributed by atoms with Crippen molar-refractivity contribution in [2.45, 2.75) is 19.9 Å². The van der Waals surface area contributed by atoms with Gasteiger partial charge in [0.15, 0.2) is 0 Å². The molecule has 0 bridgehead atoms. The molecule has 1 heterocycles. The third kappa shape index (κ3) is 3.88. The van der Waals surface area contributed by atoms with Crippen LogP contribution in [0.5, 0.6) is 5.75 Å². The van der Waals surface area contributed by atoms with Crippen LogP contribution in [0.2, 0.25) is 0 Å². The lowest BCUT2D eigenvalue weighted by atomic mass is 10.2. The van der Waals surface area contributed by atoms with Crippen LogP contribution in [0.3, 0.4) is 0 Å². The van der Waals surface area contributed by atoms with Crippen molar-refractivity contribution in [3.05, 3.63) is 48.3 Å². The maximum absolute atomic E-state index is 5.94. The normalized spacial score (nSPS) is 10.3. The van der Waals surface area contributed by atoms with Gasteiger partial charge in [-0.1, -0.05) is 13.0 Å². The molecule has 0 fully saturated rings. The third-order valence-corrected chi connectivity index (χ3v) is 2.95. The number of hydrogen-bond donors (Lipinski definition) is 1. The first kappa shape index (κ1) is 14.2. The number of rotatable bonds is 6. The molecule has 2 N–H and O–H groups in total. The zero-order valence-electron chi connectivity index (χ0n) is 12.0. The molecule has 4 nitrogen and oxygen atoms in total. The van der Waals surface area contributed by atoms with Crippen LogP contribution in [0, 0.1) is 0 Å². The molecular formula is C16H21N3O. The van der Waals surface area contributed by atoms with Crippen LogP contribution in [0.4, 0.5) is 11.4 Å². The molecule has 0 spiro atoms. The van der Waals surface area contributed by atoms with Crippen molar-refractivity contribution in [3.63, 3.8) is 0 Å². The van der Waals surface area contributed by atoms with E-state index in [4.69, 9.17) is 10.5 Å². The minimum absolute atomic E-state index is 0.701. The summed E-state index contributed by atoms with van der Waals surface area (Å²) in [7, 11) is 2.02. The third-order valence-electron chi connectivity index (χ3n) is 2.95. The van der Waals surface area contributed by atoms with E-state index in [9.17, 15) is 0 Å². The van der Waals surface area contributed by atoms with E-state index >= 15 is 0 Å². The lowest BCUT2D eigenvalue weighted by Gasteiger charge is -2.20. The van der Waals surface area contributed by atoms with Gasteiger partial charge in [0, 0.05) is 36.8 Å². The molecule has 1 aromatic heterocycles. The van der Waals surface area contributed by atoms with Gasteiger partial charge in [0.1, 0.15) is 5.75 Å². The Morgan fingerprint density at radius 3 is 2.80 bits per heavy atom. The Bertz CT molecular complexity index is 543. The molecule has 0 amide bonds. The number of nitrogens with two attached hydrogens (primary N) is 1. The van der Waals surface area contributed by atoms with Gasteiger partial charge in [-0.25, -0.2) is 0 Å². The van der Waals surface area contributed by atoms with Crippen LogP contribution >= 0.6 is 0 Å². The molecular weight excluding hydrogens is 250 g/mol. The second kappa shape index (κ2) is 6.80. The first-order valence-electron chi connectivity index (χ1n) is 6.83. The highest BCUT2D eigenvalue weighted by Gasteiger charge is 2.06. The van der Waals surface area contributed by atoms with Crippen molar-refractivity contribution in [3.8, 4) is 5.75 Å². The van der Waals surface area contributed by atoms with Gasteiger partial charge in [-0.15, -0.1) is 0 Å². The molecule has 0 aliphatic heterocycles. The van der Waals surface area contributed by atoms with E-state index in [0.29, 0.717) is 12.3 Å². The van der Waals surface area contributed by atoms with Crippen molar-refractivity contribution in [2.24, 2.45) is 0 Å². The SMILES string of the molecule is CCCOc1cc(N)cc(N(C)Cc2ccccn2)c1. The molecule has 0 unspecified atom stereocenters. The standard InChI is InChI=1S/C16H21N3O/c1-3-8-20-16-10-13(17)9-15(11-16)19(2)12-14-6-4-5-7-18-14/h4-7,9-11H,3,8,12,17H2,1-2H3. The molecule has 20 heavy (non-hydrogen) atoms. The van der Waals surface area contributed by atoms with Gasteiger partial charge in [0.25, 0.3) is 0 Å². The summed E-state index contributed by atoms with van der Waals surface area (Å²) in [6, 6.07) is 11.7. The van der Waals surface area contributed by atoms with Crippen LogP contribution in [0.15, 0.2) is 42.6 Å². The highest BCUT2D eigenvalue weighted by atomic mass is 16.5. The molecule has 0 atom stereocenters. The predicted molar refractivity (Wildman–Crippen MR) is 83.0 cm³/mol. The Morgan fingerprint density at radius 1 is 1.25 bits per heavy atom. The summed E-state index contributed by atoms with van der Waals surface area (Å²) in [5, 5.41) is 0. The second-order valence-electron chi connectivity index (χ2n) is 4.79. The van der Waals surface area contributed by atoms with Crippen LogP contribution in [0.1, 0.15) is 19.0 Å². The first-order valence-corrected chi connectivity index (χ1v) is 6.83. The number of anilines is 2. The molecule has 0 aliphatic rings. The summed E-state index contributed by atoms with van der Waals surface area (Å²) in [5.74, 6) is 0.815. The van der Waals surface area contributed by atoms with Gasteiger partial charge in [0.2, 0.25) is 0 Å². The number of hydrogen-bond acceptors (Lipinski definition) is 4. The molecule has 4 heteroatoms. The fourth-order valence-corrected chi connectivity index (χ4v) is 1.96. The van der Waals surface area contributed by atoms with Crippen molar-refractivity contribution < 1.29 is 4.74 Å². The van der Waals surface area contributed by atoms with E-state index in [2.05, 4.69) is 16.8 Å². The fraction of sp³-hybridized carbons (Fsp3) is 0.312. The van der Waals surface area contributed by atoms with E-state index in [1.807, 2.05) is 43.4 Å². The van der Waals surface area contributed by atoms with Gasteiger partial charge in [-0.05, 0) is 24.6 Å². The van der Waals surface area contributed by atoms with Crippen molar-refractivity contribution in [1.29, 1.82) is 0 Å². The maximum Gasteiger partial charge on any atom is 0.123 e. The van der Waals surface area contributed by atoms with Gasteiger partial charge in [-0.2, -0.15) is 0 Å². The fourth-order valence-electron chi connectivity index (χ4n) is 1.96. The van der Waals surface area contributed by atoms with Crippen LogP contribution in [-0.4, -0.2) is 18.6 Å². The molecule has 106 valence electrons. The van der Waals surface area contributed by atoms with Gasteiger partial charge in [0.05, 0.1) is 18.8 Å². The van der Waals surface area contributed by atoms with E-state index < -0.39 is 0 Å². The molecule has 0 radical (unpaired) electrons. The Labute approximate surface area is 120 Å². The second-order valence-corrected chi connectivity index (χ2v) is 4.79. The van der Waals surface area contributed by atoms with E-state index in [-0.39, 0.29) is 0 Å². The summed E-state index contributed by atoms with van der Waals surface area (Å²) < 4.78 is 5.65. The predicted octanol–water partition coefficient (Wildman–Crippen LogP) is 3.09. The summed E-state index contributed by atoms with van der Waals surface area (Å²) in [5.41, 5.74) is 8.70. The number of benzene rings is 1. The largest absolute Gasteiger partial charge is 0.493 e. The van der Waals surface area contributed by atoms with Crippen molar-refractivity contribution in [2.75, 3.05) is 24.3 Å². The topological polar surface area (TPSA) is 51.4 Å². The van der Waals surface area contributed by atoms with E-state index in [1.165, 1.54) is 0 Å². The average Bonchev–Trinajstić information content (AvgIpc) is 2.45. The summed E-state index contributed by atoms with van der Waals surface area (Å²) in [6.07, 6.45) is 2.78. The quantitative estimate of drug-likeness (QED) is 0.820. The lowest BCUT2D eigenvalue weighted by Crippen LogP contribution is -2.17. The molecule has 2 rings (SSSR count). The van der Waals surface area contributed by atoms with Crippen LogP contribution in [-0.2, 0) is 6.54 Å². The summed E-state index contributed by atoms with van der Waals surface area (Å²) in [4.78, 5) is 6.44. The number of aromatic nitrogens is 1. The Morgan fingerprint density at radius 2 is 2.10 bits per heavy atom. The van der Waals surface area contributed by atoms with Crippen molar-refractivity contribution in [1.82, 2.24) is 4.98 Å². The number of nitrogens with zero attached hydrogens (tertiary/aromatic N) is 2. The highest BCUT2D eigenvalue weighted by molar-refractivity contribution is 5.60. The van der Waals surface area contributed by atoms with Gasteiger partial charge < -0.3 is 15.4 Å².